The van der Waals surface area contributed by atoms with Gasteiger partial charge in [-0.25, -0.2) is 0 Å². The second-order valence-electron chi connectivity index (χ2n) is 7.45. The van der Waals surface area contributed by atoms with Crippen molar-refractivity contribution in [3.63, 3.8) is 0 Å². The summed E-state index contributed by atoms with van der Waals surface area (Å²) in [5.41, 5.74) is 0. The Morgan fingerprint density at radius 2 is 1.84 bits per heavy atom. The lowest BCUT2D eigenvalue weighted by molar-refractivity contribution is -0.0318. The van der Waals surface area contributed by atoms with E-state index in [2.05, 4.69) is 24.5 Å². The van der Waals surface area contributed by atoms with Crippen LogP contribution in [0.2, 0.25) is 0 Å². The first-order chi connectivity index (χ1) is 12.3. The Kier molecular flexibility index (Phi) is 10.3. The first-order valence-corrected chi connectivity index (χ1v) is 10.6. The lowest BCUT2D eigenvalue weighted by atomic mass is 9.83. The van der Waals surface area contributed by atoms with E-state index in [1.807, 2.05) is 0 Å². The van der Waals surface area contributed by atoms with Crippen molar-refractivity contribution in [1.29, 1.82) is 0 Å². The molecular weight excluding hydrogens is 314 g/mol. The molecule has 146 valence electrons. The van der Waals surface area contributed by atoms with Crippen LogP contribution in [0.5, 0.6) is 0 Å². The molecule has 2 N–H and O–H groups in total. The highest BCUT2D eigenvalue weighted by atomic mass is 16.5. The van der Waals surface area contributed by atoms with Crippen LogP contribution in [0.4, 0.5) is 0 Å². The van der Waals surface area contributed by atoms with Gasteiger partial charge in [-0.15, -0.1) is 0 Å². The molecule has 1 heterocycles. The van der Waals surface area contributed by atoms with E-state index in [1.54, 1.807) is 0 Å². The summed E-state index contributed by atoms with van der Waals surface area (Å²) in [5, 5.41) is 7.03. The van der Waals surface area contributed by atoms with E-state index in [1.165, 1.54) is 38.5 Å². The number of nitrogens with zero attached hydrogens (tertiary/aromatic N) is 1. The predicted molar refractivity (Wildman–Crippen MR) is 104 cm³/mol. The summed E-state index contributed by atoms with van der Waals surface area (Å²) in [4.78, 5) is 4.74. The molecule has 5 heteroatoms. The van der Waals surface area contributed by atoms with Gasteiger partial charge in [0.2, 0.25) is 0 Å². The normalized spacial score (nSPS) is 25.8. The van der Waals surface area contributed by atoms with Gasteiger partial charge in [-0.2, -0.15) is 0 Å². The van der Waals surface area contributed by atoms with E-state index in [4.69, 9.17) is 14.5 Å². The van der Waals surface area contributed by atoms with E-state index in [9.17, 15) is 0 Å². The van der Waals surface area contributed by atoms with Gasteiger partial charge in [0.15, 0.2) is 5.96 Å². The highest BCUT2D eigenvalue weighted by Gasteiger charge is 2.21. The van der Waals surface area contributed by atoms with Crippen LogP contribution >= 0.6 is 0 Å². The Labute approximate surface area is 154 Å². The number of guanidine groups is 1. The zero-order valence-corrected chi connectivity index (χ0v) is 16.4. The monoisotopic (exact) mass is 353 g/mol. The van der Waals surface area contributed by atoms with Crippen molar-refractivity contribution < 1.29 is 9.47 Å². The van der Waals surface area contributed by atoms with Gasteiger partial charge < -0.3 is 20.1 Å². The summed E-state index contributed by atoms with van der Waals surface area (Å²) in [6.45, 7) is 8.65. The van der Waals surface area contributed by atoms with Crippen LogP contribution in [0.1, 0.15) is 71.6 Å². The number of ether oxygens (including phenoxy) is 2. The Morgan fingerprint density at radius 1 is 1.08 bits per heavy atom. The topological polar surface area (TPSA) is 54.9 Å². The molecular formula is C20H39N3O2. The van der Waals surface area contributed by atoms with Crippen molar-refractivity contribution in [3.05, 3.63) is 0 Å². The van der Waals surface area contributed by atoms with Crippen LogP contribution in [0.25, 0.3) is 0 Å². The molecule has 1 saturated carbocycles. The highest BCUT2D eigenvalue weighted by Crippen LogP contribution is 2.27. The Hall–Kier alpha value is -0.810. The van der Waals surface area contributed by atoms with E-state index in [-0.39, 0.29) is 0 Å². The molecule has 0 spiro atoms. The smallest absolute Gasteiger partial charge is 0.191 e. The third-order valence-corrected chi connectivity index (χ3v) is 5.32. The van der Waals surface area contributed by atoms with Crippen LogP contribution in [-0.4, -0.2) is 51.0 Å². The Balaban J connectivity index is 1.62. The molecule has 0 aromatic rings. The van der Waals surface area contributed by atoms with Crippen LogP contribution in [0, 0.1) is 5.92 Å². The largest absolute Gasteiger partial charge is 0.381 e. The van der Waals surface area contributed by atoms with Crippen molar-refractivity contribution in [2.45, 2.75) is 83.8 Å². The lowest BCUT2D eigenvalue weighted by Crippen LogP contribution is -2.45. The van der Waals surface area contributed by atoms with Gasteiger partial charge in [0.25, 0.3) is 0 Å². The van der Waals surface area contributed by atoms with Gasteiger partial charge in [-0.1, -0.05) is 19.8 Å². The minimum atomic E-state index is 0.391. The van der Waals surface area contributed by atoms with E-state index >= 15 is 0 Å². The van der Waals surface area contributed by atoms with Crippen molar-refractivity contribution in [1.82, 2.24) is 10.6 Å². The standard InChI is InChI=1S/C20H39N3O2/c1-3-6-17-7-9-18(10-8-17)23-20(21-4-2)22-13-5-14-25-19-11-15-24-16-12-19/h17-19H,3-16H2,1-2H3,(H2,21,22,23). The van der Waals surface area contributed by atoms with Gasteiger partial charge in [-0.05, 0) is 57.8 Å². The molecule has 0 radical (unpaired) electrons. The molecule has 25 heavy (non-hydrogen) atoms. The Bertz CT molecular complexity index is 362. The molecule has 5 nitrogen and oxygen atoms in total. The van der Waals surface area contributed by atoms with Gasteiger partial charge >= 0.3 is 0 Å². The molecule has 0 unspecified atom stereocenters. The number of rotatable bonds is 9. The van der Waals surface area contributed by atoms with Crippen LogP contribution in [-0.2, 0) is 9.47 Å². The SMILES string of the molecule is CCCC1CCC(NC(=NCCCOC2CCOCC2)NCC)CC1. The van der Waals surface area contributed by atoms with Crippen LogP contribution in [0.15, 0.2) is 4.99 Å². The molecule has 1 aliphatic heterocycles. The highest BCUT2D eigenvalue weighted by molar-refractivity contribution is 5.80. The maximum Gasteiger partial charge on any atom is 0.191 e. The zero-order chi connectivity index (χ0) is 17.7. The summed E-state index contributed by atoms with van der Waals surface area (Å²) in [6, 6.07) is 0.587. The minimum absolute atomic E-state index is 0.391. The fourth-order valence-corrected chi connectivity index (χ4v) is 3.87. The maximum absolute atomic E-state index is 5.92. The molecule has 0 aromatic heterocycles. The summed E-state index contributed by atoms with van der Waals surface area (Å²) >= 11 is 0. The van der Waals surface area contributed by atoms with Crippen LogP contribution in [0.3, 0.4) is 0 Å². The summed E-state index contributed by atoms with van der Waals surface area (Å²) < 4.78 is 11.3. The van der Waals surface area contributed by atoms with E-state index in [0.717, 1.165) is 64.1 Å². The fraction of sp³-hybridized carbons (Fsp3) is 0.950. The molecule has 1 aliphatic carbocycles. The van der Waals surface area contributed by atoms with Gasteiger partial charge in [0.1, 0.15) is 0 Å². The number of hydrogen-bond donors (Lipinski definition) is 2. The molecule has 0 atom stereocenters. The molecule has 2 aliphatic rings. The van der Waals surface area contributed by atoms with Crippen molar-refractivity contribution >= 4 is 5.96 Å². The molecule has 0 bridgehead atoms. The predicted octanol–water partition coefficient (Wildman–Crippen LogP) is 3.49. The second kappa shape index (κ2) is 12.5. The molecule has 1 saturated heterocycles. The number of hydrogen-bond acceptors (Lipinski definition) is 3. The summed E-state index contributed by atoms with van der Waals surface area (Å²) in [6.07, 6.45) is 11.5. The molecule has 0 aromatic carbocycles. The third-order valence-electron chi connectivity index (χ3n) is 5.32. The summed E-state index contributed by atoms with van der Waals surface area (Å²) in [5.74, 6) is 1.93. The second-order valence-corrected chi connectivity index (χ2v) is 7.45. The number of nitrogens with one attached hydrogen (secondary N) is 2. The average Bonchev–Trinajstić information content (AvgIpc) is 2.64. The van der Waals surface area contributed by atoms with Crippen molar-refractivity contribution in [2.24, 2.45) is 10.9 Å². The molecule has 2 fully saturated rings. The van der Waals surface area contributed by atoms with Gasteiger partial charge in [0.05, 0.1) is 6.10 Å². The van der Waals surface area contributed by atoms with E-state index in [0.29, 0.717) is 12.1 Å². The maximum atomic E-state index is 5.92. The quantitative estimate of drug-likeness (QED) is 0.378. The molecule has 2 rings (SSSR count). The molecule has 0 amide bonds. The average molecular weight is 354 g/mol. The third kappa shape index (κ3) is 8.41. The van der Waals surface area contributed by atoms with Crippen molar-refractivity contribution in [3.8, 4) is 0 Å². The van der Waals surface area contributed by atoms with Gasteiger partial charge in [-0.3, -0.25) is 4.99 Å². The van der Waals surface area contributed by atoms with Crippen molar-refractivity contribution in [2.75, 3.05) is 32.9 Å². The zero-order valence-electron chi connectivity index (χ0n) is 16.4. The Morgan fingerprint density at radius 3 is 2.52 bits per heavy atom. The van der Waals surface area contributed by atoms with Crippen LogP contribution < -0.4 is 10.6 Å². The minimum Gasteiger partial charge on any atom is -0.381 e. The number of aliphatic imine (C=N–C) groups is 1. The lowest BCUT2D eigenvalue weighted by Gasteiger charge is -2.30. The van der Waals surface area contributed by atoms with E-state index < -0.39 is 0 Å². The first-order valence-electron chi connectivity index (χ1n) is 10.6. The summed E-state index contributed by atoms with van der Waals surface area (Å²) in [7, 11) is 0. The van der Waals surface area contributed by atoms with Gasteiger partial charge in [0, 0.05) is 39.0 Å². The fourth-order valence-electron chi connectivity index (χ4n) is 3.87. The first kappa shape index (κ1) is 20.5.